The van der Waals surface area contributed by atoms with E-state index < -0.39 is 6.10 Å². The SMILES string of the molecule is COC(c1nn[nH]n1)c1c(Cl)ccc2ncc(-c3nn[nH]n3)n12. The molecule has 1 unspecified atom stereocenters. The fraction of sp³-hybridized carbons (Fsp3) is 0.182. The number of aromatic amines is 2. The van der Waals surface area contributed by atoms with E-state index in [0.29, 0.717) is 33.7 Å². The van der Waals surface area contributed by atoms with Gasteiger partial charge in [0, 0.05) is 7.11 Å². The highest BCUT2D eigenvalue weighted by Gasteiger charge is 2.26. The van der Waals surface area contributed by atoms with E-state index in [0.717, 1.165) is 0 Å². The van der Waals surface area contributed by atoms with Crippen molar-refractivity contribution in [2.75, 3.05) is 7.11 Å². The summed E-state index contributed by atoms with van der Waals surface area (Å²) in [5.74, 6) is 0.721. The van der Waals surface area contributed by atoms with Crippen molar-refractivity contribution >= 4 is 17.2 Å². The second-order valence-corrected chi connectivity index (χ2v) is 4.93. The van der Waals surface area contributed by atoms with Crippen LogP contribution in [0, 0.1) is 0 Å². The number of methoxy groups -OCH3 is 1. The van der Waals surface area contributed by atoms with Gasteiger partial charge >= 0.3 is 0 Å². The summed E-state index contributed by atoms with van der Waals surface area (Å²) in [6.07, 6.45) is 0.980. The Balaban J connectivity index is 2.01. The van der Waals surface area contributed by atoms with E-state index in [1.807, 2.05) is 0 Å². The van der Waals surface area contributed by atoms with E-state index in [2.05, 4.69) is 46.2 Å². The normalized spacial score (nSPS) is 12.8. The van der Waals surface area contributed by atoms with Crippen LogP contribution in [0.15, 0.2) is 18.3 Å². The van der Waals surface area contributed by atoms with Crippen molar-refractivity contribution in [1.29, 1.82) is 0 Å². The molecule has 1 atom stereocenters. The molecule has 0 saturated heterocycles. The van der Waals surface area contributed by atoms with Gasteiger partial charge in [0.15, 0.2) is 6.10 Å². The first-order valence-corrected chi connectivity index (χ1v) is 6.83. The van der Waals surface area contributed by atoms with Gasteiger partial charge < -0.3 is 4.74 Å². The van der Waals surface area contributed by atoms with Crippen molar-refractivity contribution in [1.82, 2.24) is 50.6 Å². The van der Waals surface area contributed by atoms with Crippen molar-refractivity contribution in [2.45, 2.75) is 6.10 Å². The lowest BCUT2D eigenvalue weighted by atomic mass is 10.2. The summed E-state index contributed by atoms with van der Waals surface area (Å²) >= 11 is 6.40. The van der Waals surface area contributed by atoms with Gasteiger partial charge in [-0.3, -0.25) is 4.40 Å². The molecule has 0 aliphatic rings. The molecule has 0 bridgehead atoms. The number of tetrazole rings is 2. The molecule has 0 aromatic carbocycles. The largest absolute Gasteiger partial charge is 0.367 e. The average Bonchev–Trinajstić information content (AvgIpc) is 3.30. The minimum Gasteiger partial charge on any atom is -0.367 e. The predicted molar refractivity (Wildman–Crippen MR) is 76.4 cm³/mol. The maximum absolute atomic E-state index is 6.40. The van der Waals surface area contributed by atoms with E-state index in [1.54, 1.807) is 22.7 Å². The first-order valence-electron chi connectivity index (χ1n) is 6.45. The van der Waals surface area contributed by atoms with Crippen LogP contribution in [0.3, 0.4) is 0 Å². The van der Waals surface area contributed by atoms with Crippen LogP contribution in [0.4, 0.5) is 0 Å². The molecule has 0 aliphatic carbocycles. The number of halogens is 1. The van der Waals surface area contributed by atoms with Gasteiger partial charge in [0.1, 0.15) is 11.3 Å². The van der Waals surface area contributed by atoms with Crippen molar-refractivity contribution in [2.24, 2.45) is 0 Å². The quantitative estimate of drug-likeness (QED) is 0.548. The Kier molecular flexibility index (Phi) is 3.20. The molecule has 0 spiro atoms. The van der Waals surface area contributed by atoms with Crippen molar-refractivity contribution in [3.8, 4) is 11.5 Å². The summed E-state index contributed by atoms with van der Waals surface area (Å²) < 4.78 is 7.30. The third kappa shape index (κ3) is 2.13. The molecule has 2 N–H and O–H groups in total. The molecular formula is C11H9ClN10O. The Morgan fingerprint density at radius 2 is 2.00 bits per heavy atom. The summed E-state index contributed by atoms with van der Waals surface area (Å²) in [4.78, 5) is 4.34. The number of rotatable bonds is 4. The van der Waals surface area contributed by atoms with E-state index >= 15 is 0 Å². The maximum atomic E-state index is 6.40. The maximum Gasteiger partial charge on any atom is 0.223 e. The Morgan fingerprint density at radius 1 is 1.17 bits per heavy atom. The van der Waals surface area contributed by atoms with E-state index in [4.69, 9.17) is 16.3 Å². The number of nitrogens with one attached hydrogen (secondary N) is 2. The van der Waals surface area contributed by atoms with Gasteiger partial charge in [-0.2, -0.15) is 10.4 Å². The second kappa shape index (κ2) is 5.37. The molecule has 4 aromatic rings. The number of fused-ring (bicyclic) bond motifs is 1. The highest BCUT2D eigenvalue weighted by Crippen LogP contribution is 2.32. The smallest absolute Gasteiger partial charge is 0.223 e. The first kappa shape index (κ1) is 13.7. The molecule has 4 heterocycles. The molecule has 0 radical (unpaired) electrons. The molecule has 23 heavy (non-hydrogen) atoms. The van der Waals surface area contributed by atoms with Crippen LogP contribution in [-0.4, -0.2) is 57.7 Å². The molecule has 4 rings (SSSR count). The summed E-state index contributed by atoms with van der Waals surface area (Å²) in [6.45, 7) is 0. The number of hydrogen-bond donors (Lipinski definition) is 2. The number of ether oxygens (including phenoxy) is 1. The number of H-pyrrole nitrogens is 2. The lowest BCUT2D eigenvalue weighted by Crippen LogP contribution is -2.12. The Hall–Kier alpha value is -2.92. The zero-order chi connectivity index (χ0) is 15.8. The fourth-order valence-corrected chi connectivity index (χ4v) is 2.61. The molecule has 0 fully saturated rings. The van der Waals surface area contributed by atoms with E-state index in [-0.39, 0.29) is 0 Å². The summed E-state index contributed by atoms with van der Waals surface area (Å²) in [5, 5.41) is 28.3. The number of nitrogens with zero attached hydrogens (tertiary/aromatic N) is 8. The lowest BCUT2D eigenvalue weighted by molar-refractivity contribution is 0.124. The van der Waals surface area contributed by atoms with Crippen LogP contribution in [0.1, 0.15) is 17.6 Å². The van der Waals surface area contributed by atoms with E-state index in [1.165, 1.54) is 7.11 Å². The van der Waals surface area contributed by atoms with Gasteiger partial charge in [0.05, 0.1) is 16.9 Å². The zero-order valence-electron chi connectivity index (χ0n) is 11.7. The van der Waals surface area contributed by atoms with Crippen molar-refractivity contribution < 1.29 is 4.74 Å². The topological polar surface area (TPSA) is 135 Å². The number of pyridine rings is 1. The monoisotopic (exact) mass is 332 g/mol. The van der Waals surface area contributed by atoms with Gasteiger partial charge in [-0.15, -0.1) is 20.4 Å². The second-order valence-electron chi connectivity index (χ2n) is 4.52. The third-order valence-corrected chi connectivity index (χ3v) is 3.63. The van der Waals surface area contributed by atoms with Gasteiger partial charge in [-0.25, -0.2) is 4.98 Å². The Morgan fingerprint density at radius 3 is 2.70 bits per heavy atom. The summed E-state index contributed by atoms with van der Waals surface area (Å²) in [7, 11) is 1.53. The van der Waals surface area contributed by atoms with E-state index in [9.17, 15) is 0 Å². The van der Waals surface area contributed by atoms with Crippen LogP contribution in [0.5, 0.6) is 0 Å². The molecule has 0 amide bonds. The average molecular weight is 333 g/mol. The van der Waals surface area contributed by atoms with Gasteiger partial charge in [-0.05, 0) is 17.3 Å². The highest BCUT2D eigenvalue weighted by molar-refractivity contribution is 6.31. The van der Waals surface area contributed by atoms with Crippen molar-refractivity contribution in [3.05, 3.63) is 34.9 Å². The van der Waals surface area contributed by atoms with Gasteiger partial charge in [0.2, 0.25) is 11.6 Å². The Labute approximate surface area is 133 Å². The van der Waals surface area contributed by atoms with Gasteiger partial charge in [0.25, 0.3) is 0 Å². The molecular weight excluding hydrogens is 324 g/mol. The van der Waals surface area contributed by atoms with Crippen molar-refractivity contribution in [3.63, 3.8) is 0 Å². The number of imidazole rings is 1. The zero-order valence-corrected chi connectivity index (χ0v) is 12.4. The minimum atomic E-state index is -0.648. The lowest BCUT2D eigenvalue weighted by Gasteiger charge is -2.16. The van der Waals surface area contributed by atoms with Gasteiger partial charge in [-0.1, -0.05) is 16.8 Å². The molecule has 0 aliphatic heterocycles. The van der Waals surface area contributed by atoms with Crippen LogP contribution in [-0.2, 0) is 4.74 Å². The minimum absolute atomic E-state index is 0.342. The number of hydrogen-bond acceptors (Lipinski definition) is 8. The number of aromatic nitrogens is 10. The first-order chi connectivity index (χ1) is 11.3. The van der Waals surface area contributed by atoms with Crippen LogP contribution < -0.4 is 0 Å². The molecule has 11 nitrogen and oxygen atoms in total. The highest BCUT2D eigenvalue weighted by atomic mass is 35.5. The predicted octanol–water partition coefficient (Wildman–Crippen LogP) is 0.417. The van der Waals surface area contributed by atoms with Crippen LogP contribution in [0.2, 0.25) is 5.02 Å². The fourth-order valence-electron chi connectivity index (χ4n) is 2.37. The molecule has 116 valence electrons. The molecule has 12 heteroatoms. The summed E-state index contributed by atoms with van der Waals surface area (Å²) in [6, 6.07) is 3.50. The summed E-state index contributed by atoms with van der Waals surface area (Å²) in [5.41, 5.74) is 1.84. The van der Waals surface area contributed by atoms with Crippen LogP contribution >= 0.6 is 11.6 Å². The molecule has 0 saturated carbocycles. The standard InChI is InChI=1S/C11H9ClN10O/c1-23-9(11-16-20-21-17-11)8-5(12)2-3-7-13-4-6(22(7)8)10-14-18-19-15-10/h2-4,9H,1H3,(H,14,15,18,19)(H,16,17,20,21). The third-order valence-electron chi connectivity index (χ3n) is 3.31. The van der Waals surface area contributed by atoms with Crippen LogP contribution in [0.25, 0.3) is 17.2 Å². The Bertz CT molecular complexity index is 931. The molecule has 4 aromatic heterocycles.